The van der Waals surface area contributed by atoms with Gasteiger partial charge < -0.3 is 5.11 Å². The van der Waals surface area contributed by atoms with E-state index in [1.165, 1.54) is 19.3 Å². The average molecular weight is 214 g/mol. The largest absolute Gasteiger partial charge is 0.393 e. The van der Waals surface area contributed by atoms with Crippen molar-refractivity contribution in [2.24, 2.45) is 17.3 Å². The molecule has 0 heterocycles. The quantitative estimate of drug-likeness (QED) is 0.701. The third kappa shape index (κ3) is 6.19. The van der Waals surface area contributed by atoms with Gasteiger partial charge in [0.15, 0.2) is 0 Å². The van der Waals surface area contributed by atoms with E-state index < -0.39 is 0 Å². The van der Waals surface area contributed by atoms with Gasteiger partial charge in [-0.3, -0.25) is 0 Å². The van der Waals surface area contributed by atoms with Gasteiger partial charge in [0.25, 0.3) is 0 Å². The van der Waals surface area contributed by atoms with Crippen molar-refractivity contribution in [1.82, 2.24) is 0 Å². The summed E-state index contributed by atoms with van der Waals surface area (Å²) in [6, 6.07) is 0. The Morgan fingerprint density at radius 2 is 1.53 bits per heavy atom. The smallest absolute Gasteiger partial charge is 0.0537 e. The Bertz CT molecular complexity index is 155. The molecule has 92 valence electrons. The molecule has 3 atom stereocenters. The Kier molecular flexibility index (Phi) is 6.51. The minimum absolute atomic E-state index is 0.160. The summed E-state index contributed by atoms with van der Waals surface area (Å²) in [6.07, 6.45) is 4.83. The summed E-state index contributed by atoms with van der Waals surface area (Å²) in [5.41, 5.74) is 0.411. The van der Waals surface area contributed by atoms with Crippen LogP contribution in [0, 0.1) is 17.3 Å². The molecule has 0 radical (unpaired) electrons. The molecule has 15 heavy (non-hydrogen) atoms. The average Bonchev–Trinajstić information content (AvgIpc) is 2.09. The van der Waals surface area contributed by atoms with Crippen molar-refractivity contribution in [2.75, 3.05) is 0 Å². The van der Waals surface area contributed by atoms with Crippen LogP contribution in [0.2, 0.25) is 0 Å². The molecule has 1 heteroatoms. The summed E-state index contributed by atoms with van der Waals surface area (Å²) in [7, 11) is 0. The standard InChI is InChI=1S/C14H30O/c1-7-8-13(14(4,5)6)10-9-11(2)12(3)15/h11-13,15H,7-10H2,1-6H3. The molecule has 0 aromatic rings. The minimum atomic E-state index is -0.160. The zero-order chi connectivity index (χ0) is 12.1. The first-order valence-electron chi connectivity index (χ1n) is 6.47. The highest BCUT2D eigenvalue weighted by Crippen LogP contribution is 2.34. The molecule has 1 N–H and O–H groups in total. The number of aliphatic hydroxyl groups is 1. The lowest BCUT2D eigenvalue weighted by atomic mass is 9.74. The molecule has 3 unspecified atom stereocenters. The topological polar surface area (TPSA) is 20.2 Å². The molecule has 0 saturated heterocycles. The normalized spacial score (nSPS) is 18.6. The highest BCUT2D eigenvalue weighted by molar-refractivity contribution is 4.75. The fourth-order valence-corrected chi connectivity index (χ4v) is 2.06. The molecule has 0 aromatic heterocycles. The first-order valence-corrected chi connectivity index (χ1v) is 6.47. The Morgan fingerprint density at radius 1 is 1.00 bits per heavy atom. The third-order valence-electron chi connectivity index (χ3n) is 3.66. The van der Waals surface area contributed by atoms with Crippen LogP contribution in [0.4, 0.5) is 0 Å². The lowest BCUT2D eigenvalue weighted by molar-refractivity contribution is 0.114. The Morgan fingerprint density at radius 3 is 1.87 bits per heavy atom. The van der Waals surface area contributed by atoms with Crippen molar-refractivity contribution in [1.29, 1.82) is 0 Å². The zero-order valence-corrected chi connectivity index (χ0v) is 11.5. The van der Waals surface area contributed by atoms with Crippen molar-refractivity contribution in [3.63, 3.8) is 0 Å². The second-order valence-electron chi connectivity index (χ2n) is 6.15. The minimum Gasteiger partial charge on any atom is -0.393 e. The van der Waals surface area contributed by atoms with E-state index in [0.29, 0.717) is 11.3 Å². The van der Waals surface area contributed by atoms with Crippen molar-refractivity contribution in [3.8, 4) is 0 Å². The second-order valence-corrected chi connectivity index (χ2v) is 6.15. The Labute approximate surface area is 96.3 Å². The van der Waals surface area contributed by atoms with Crippen LogP contribution in [-0.2, 0) is 0 Å². The monoisotopic (exact) mass is 214 g/mol. The Balaban J connectivity index is 4.08. The van der Waals surface area contributed by atoms with Crippen LogP contribution in [0.5, 0.6) is 0 Å². The predicted molar refractivity (Wildman–Crippen MR) is 67.9 cm³/mol. The maximum atomic E-state index is 9.47. The predicted octanol–water partition coefficient (Wildman–Crippen LogP) is 4.25. The molecule has 0 bridgehead atoms. The second kappa shape index (κ2) is 6.52. The van der Waals surface area contributed by atoms with E-state index in [4.69, 9.17) is 0 Å². The van der Waals surface area contributed by atoms with Gasteiger partial charge in [-0.1, -0.05) is 47.5 Å². The van der Waals surface area contributed by atoms with Gasteiger partial charge in [0.1, 0.15) is 0 Å². The van der Waals surface area contributed by atoms with Gasteiger partial charge in [0, 0.05) is 0 Å². The summed E-state index contributed by atoms with van der Waals surface area (Å²) in [4.78, 5) is 0. The highest BCUT2D eigenvalue weighted by atomic mass is 16.3. The van der Waals surface area contributed by atoms with Crippen molar-refractivity contribution in [2.45, 2.75) is 73.3 Å². The zero-order valence-electron chi connectivity index (χ0n) is 11.5. The van der Waals surface area contributed by atoms with Crippen LogP contribution in [0.15, 0.2) is 0 Å². The van der Waals surface area contributed by atoms with E-state index in [1.807, 2.05) is 6.92 Å². The lowest BCUT2D eigenvalue weighted by Gasteiger charge is -2.31. The van der Waals surface area contributed by atoms with E-state index >= 15 is 0 Å². The van der Waals surface area contributed by atoms with E-state index in [0.717, 1.165) is 12.3 Å². The van der Waals surface area contributed by atoms with Crippen LogP contribution < -0.4 is 0 Å². The van der Waals surface area contributed by atoms with Crippen LogP contribution in [-0.4, -0.2) is 11.2 Å². The molecule has 0 aromatic carbocycles. The summed E-state index contributed by atoms with van der Waals surface area (Å²) in [6.45, 7) is 13.3. The SMILES string of the molecule is CCCC(CCC(C)C(C)O)C(C)(C)C. The van der Waals surface area contributed by atoms with Gasteiger partial charge in [-0.25, -0.2) is 0 Å². The van der Waals surface area contributed by atoms with Crippen LogP contribution in [0.1, 0.15) is 67.2 Å². The molecule has 0 aliphatic rings. The molecular formula is C14H30O. The number of hydrogen-bond donors (Lipinski definition) is 1. The lowest BCUT2D eigenvalue weighted by Crippen LogP contribution is -2.22. The van der Waals surface area contributed by atoms with Crippen LogP contribution >= 0.6 is 0 Å². The van der Waals surface area contributed by atoms with Crippen LogP contribution in [0.25, 0.3) is 0 Å². The van der Waals surface area contributed by atoms with Gasteiger partial charge in [0.2, 0.25) is 0 Å². The van der Waals surface area contributed by atoms with E-state index in [1.54, 1.807) is 0 Å². The van der Waals surface area contributed by atoms with Crippen molar-refractivity contribution in [3.05, 3.63) is 0 Å². The van der Waals surface area contributed by atoms with Crippen LogP contribution in [0.3, 0.4) is 0 Å². The van der Waals surface area contributed by atoms with Gasteiger partial charge >= 0.3 is 0 Å². The first-order chi connectivity index (χ1) is 6.79. The van der Waals surface area contributed by atoms with Gasteiger partial charge in [-0.2, -0.15) is 0 Å². The molecule has 0 aliphatic heterocycles. The fraction of sp³-hybridized carbons (Fsp3) is 1.00. The maximum Gasteiger partial charge on any atom is 0.0537 e. The number of rotatable bonds is 6. The molecule has 0 saturated carbocycles. The first kappa shape index (κ1) is 15.0. The van der Waals surface area contributed by atoms with E-state index in [-0.39, 0.29) is 6.10 Å². The van der Waals surface area contributed by atoms with E-state index in [2.05, 4.69) is 34.6 Å². The summed E-state index contributed by atoms with van der Waals surface area (Å²) in [5.74, 6) is 1.23. The highest BCUT2D eigenvalue weighted by Gasteiger charge is 2.24. The molecular weight excluding hydrogens is 184 g/mol. The van der Waals surface area contributed by atoms with Crippen molar-refractivity contribution >= 4 is 0 Å². The van der Waals surface area contributed by atoms with Gasteiger partial charge in [0.05, 0.1) is 6.10 Å². The molecule has 0 spiro atoms. The summed E-state index contributed by atoms with van der Waals surface area (Å²) in [5, 5.41) is 9.47. The molecule has 0 rings (SSSR count). The van der Waals surface area contributed by atoms with Gasteiger partial charge in [-0.05, 0) is 37.0 Å². The van der Waals surface area contributed by atoms with Gasteiger partial charge in [-0.15, -0.1) is 0 Å². The molecule has 0 amide bonds. The molecule has 0 fully saturated rings. The molecule has 0 aliphatic carbocycles. The number of aliphatic hydroxyl groups excluding tert-OH is 1. The summed E-state index contributed by atoms with van der Waals surface area (Å²) < 4.78 is 0. The fourth-order valence-electron chi connectivity index (χ4n) is 2.06. The maximum absolute atomic E-state index is 9.47. The van der Waals surface area contributed by atoms with E-state index in [9.17, 15) is 5.11 Å². The third-order valence-corrected chi connectivity index (χ3v) is 3.66. The molecule has 1 nitrogen and oxygen atoms in total. The van der Waals surface area contributed by atoms with Crippen molar-refractivity contribution < 1.29 is 5.11 Å². The Hall–Kier alpha value is -0.0400. The number of hydrogen-bond acceptors (Lipinski definition) is 1. The summed E-state index contributed by atoms with van der Waals surface area (Å²) >= 11 is 0.